The summed E-state index contributed by atoms with van der Waals surface area (Å²) in [6, 6.07) is 8.17. The summed E-state index contributed by atoms with van der Waals surface area (Å²) < 4.78 is 0. The van der Waals surface area contributed by atoms with Crippen LogP contribution in [0.5, 0.6) is 0 Å². The molecule has 1 aliphatic carbocycles. The molecule has 108 valence electrons. The fourth-order valence-electron chi connectivity index (χ4n) is 2.37. The quantitative estimate of drug-likeness (QED) is 0.852. The molecule has 0 aliphatic heterocycles. The molecule has 0 heterocycles. The monoisotopic (exact) mass is 336 g/mol. The van der Waals surface area contributed by atoms with Crippen LogP contribution in [0.25, 0.3) is 0 Å². The molecule has 0 radical (unpaired) electrons. The van der Waals surface area contributed by atoms with E-state index in [1.807, 2.05) is 26.2 Å². The Kier molecular flexibility index (Phi) is 4.23. The number of carbonyl (C=O) groups excluding carboxylic acids is 1. The molecule has 0 aromatic heterocycles. The number of hydrogen-bond acceptors (Lipinski definition) is 3. The number of nitrogens with one attached hydrogen (secondary N) is 1. The number of carbonyl (C=O) groups is 1. The second-order valence-electron chi connectivity index (χ2n) is 6.16. The molecule has 1 unspecified atom stereocenters. The molecule has 1 N–H and O–H groups in total. The molecule has 20 heavy (non-hydrogen) atoms. The van der Waals surface area contributed by atoms with Gasteiger partial charge in [0, 0.05) is 37.6 Å². The van der Waals surface area contributed by atoms with Gasteiger partial charge in [0.2, 0.25) is 0 Å². The largest absolute Gasteiger partial charge is 0.378 e. The van der Waals surface area contributed by atoms with Crippen molar-refractivity contribution < 1.29 is 4.79 Å². The first-order valence-electron chi connectivity index (χ1n) is 6.72. The minimum Gasteiger partial charge on any atom is -0.378 e. The number of nitrogens with zero attached hydrogens (tertiary/aromatic N) is 1. The number of hydrogen-bond donors (Lipinski definition) is 1. The van der Waals surface area contributed by atoms with Gasteiger partial charge in [-0.25, -0.2) is 0 Å². The second kappa shape index (κ2) is 5.60. The Labute approximate surface area is 129 Å². The van der Waals surface area contributed by atoms with Crippen LogP contribution in [0.15, 0.2) is 36.0 Å². The molecule has 1 atom stereocenters. The van der Waals surface area contributed by atoms with Crippen LogP contribution in [0.3, 0.4) is 0 Å². The SMILES string of the molecule is CN(C)c1ccc(NC2=CC(C)(C)CC(=O)C2Br)cc1. The first-order chi connectivity index (χ1) is 9.28. The zero-order valence-corrected chi connectivity index (χ0v) is 14.0. The van der Waals surface area contributed by atoms with Gasteiger partial charge >= 0.3 is 0 Å². The van der Waals surface area contributed by atoms with E-state index in [0.29, 0.717) is 6.42 Å². The van der Waals surface area contributed by atoms with E-state index in [2.05, 4.69) is 58.2 Å². The predicted octanol–water partition coefficient (Wildman–Crippen LogP) is 3.81. The molecular formula is C16H21BrN2O. The van der Waals surface area contributed by atoms with Crippen LogP contribution in [0.2, 0.25) is 0 Å². The number of rotatable bonds is 3. The number of halogens is 1. The lowest BCUT2D eigenvalue weighted by molar-refractivity contribution is -0.119. The van der Waals surface area contributed by atoms with Gasteiger partial charge < -0.3 is 10.2 Å². The summed E-state index contributed by atoms with van der Waals surface area (Å²) in [5.41, 5.74) is 2.99. The first kappa shape index (κ1) is 15.1. The van der Waals surface area contributed by atoms with Crippen molar-refractivity contribution in [2.24, 2.45) is 5.41 Å². The number of Topliss-reactive ketones (excluding diaryl/α,β-unsaturated/α-hetero) is 1. The molecule has 0 amide bonds. The Hall–Kier alpha value is -1.29. The van der Waals surface area contributed by atoms with Crippen LogP contribution >= 0.6 is 15.9 Å². The van der Waals surface area contributed by atoms with Crippen LogP contribution in [0.1, 0.15) is 20.3 Å². The highest BCUT2D eigenvalue weighted by Crippen LogP contribution is 2.34. The van der Waals surface area contributed by atoms with Gasteiger partial charge in [-0.3, -0.25) is 4.79 Å². The number of ketones is 1. The summed E-state index contributed by atoms with van der Waals surface area (Å²) >= 11 is 3.48. The Morgan fingerprint density at radius 1 is 1.25 bits per heavy atom. The van der Waals surface area contributed by atoms with E-state index in [9.17, 15) is 4.79 Å². The van der Waals surface area contributed by atoms with Crippen molar-refractivity contribution in [1.29, 1.82) is 0 Å². The van der Waals surface area contributed by atoms with Gasteiger partial charge in [0.1, 0.15) is 4.83 Å². The number of anilines is 2. The van der Waals surface area contributed by atoms with E-state index >= 15 is 0 Å². The first-order valence-corrected chi connectivity index (χ1v) is 7.64. The van der Waals surface area contributed by atoms with Crippen LogP contribution in [-0.4, -0.2) is 24.7 Å². The van der Waals surface area contributed by atoms with Crippen molar-refractivity contribution in [3.63, 3.8) is 0 Å². The lowest BCUT2D eigenvalue weighted by Crippen LogP contribution is -2.32. The summed E-state index contributed by atoms with van der Waals surface area (Å²) in [4.78, 5) is 13.8. The van der Waals surface area contributed by atoms with E-state index in [4.69, 9.17) is 0 Å². The molecule has 0 spiro atoms. The number of allylic oxidation sites excluding steroid dienone is 2. The maximum absolute atomic E-state index is 12.0. The normalized spacial score (nSPS) is 21.4. The van der Waals surface area contributed by atoms with Crippen LogP contribution in [0, 0.1) is 5.41 Å². The third kappa shape index (κ3) is 3.42. The van der Waals surface area contributed by atoms with E-state index in [-0.39, 0.29) is 16.0 Å². The molecule has 2 rings (SSSR count). The second-order valence-corrected chi connectivity index (χ2v) is 7.08. The minimum absolute atomic E-state index is 0.0900. The van der Waals surface area contributed by atoms with E-state index in [0.717, 1.165) is 17.1 Å². The standard InChI is InChI=1S/C16H21BrN2O/c1-16(2)9-13(15(17)14(20)10-16)18-11-5-7-12(8-6-11)19(3)4/h5-9,15,18H,10H2,1-4H3. The average molecular weight is 337 g/mol. The van der Waals surface area contributed by atoms with Gasteiger partial charge in [-0.05, 0) is 29.7 Å². The Morgan fingerprint density at radius 3 is 2.40 bits per heavy atom. The highest BCUT2D eigenvalue weighted by Gasteiger charge is 2.32. The Balaban J connectivity index is 2.20. The van der Waals surface area contributed by atoms with Crippen molar-refractivity contribution in [2.45, 2.75) is 25.1 Å². The molecule has 3 nitrogen and oxygen atoms in total. The number of alkyl halides is 1. The van der Waals surface area contributed by atoms with Crippen LogP contribution in [0.4, 0.5) is 11.4 Å². The molecule has 0 fully saturated rings. The van der Waals surface area contributed by atoms with Crippen molar-refractivity contribution in [3.8, 4) is 0 Å². The maximum Gasteiger partial charge on any atom is 0.153 e. The van der Waals surface area contributed by atoms with Crippen LogP contribution < -0.4 is 10.2 Å². The Bertz CT molecular complexity index is 532. The topological polar surface area (TPSA) is 32.3 Å². The third-order valence-corrected chi connectivity index (χ3v) is 4.41. The maximum atomic E-state index is 12.0. The predicted molar refractivity (Wildman–Crippen MR) is 88.6 cm³/mol. The Morgan fingerprint density at radius 2 is 1.85 bits per heavy atom. The third-order valence-electron chi connectivity index (χ3n) is 3.40. The van der Waals surface area contributed by atoms with E-state index in [1.54, 1.807) is 0 Å². The summed E-state index contributed by atoms with van der Waals surface area (Å²) in [6.45, 7) is 4.17. The number of benzene rings is 1. The molecule has 0 saturated carbocycles. The summed E-state index contributed by atoms with van der Waals surface area (Å²) in [6.07, 6.45) is 2.72. The molecule has 1 aromatic carbocycles. The summed E-state index contributed by atoms with van der Waals surface area (Å²) in [5, 5.41) is 3.36. The van der Waals surface area contributed by atoms with Crippen molar-refractivity contribution in [3.05, 3.63) is 36.0 Å². The summed E-state index contributed by atoms with van der Waals surface area (Å²) in [7, 11) is 4.03. The van der Waals surface area contributed by atoms with Gasteiger partial charge in [-0.2, -0.15) is 0 Å². The van der Waals surface area contributed by atoms with Gasteiger partial charge in [0.25, 0.3) is 0 Å². The van der Waals surface area contributed by atoms with Crippen molar-refractivity contribution in [1.82, 2.24) is 0 Å². The zero-order valence-electron chi connectivity index (χ0n) is 12.4. The van der Waals surface area contributed by atoms with Gasteiger partial charge in [0.15, 0.2) is 5.78 Å². The lowest BCUT2D eigenvalue weighted by atomic mass is 9.81. The van der Waals surface area contributed by atoms with E-state index < -0.39 is 0 Å². The minimum atomic E-state index is -0.232. The smallest absolute Gasteiger partial charge is 0.153 e. The zero-order chi connectivity index (χ0) is 14.9. The van der Waals surface area contributed by atoms with E-state index in [1.165, 1.54) is 0 Å². The average Bonchev–Trinajstić information content (AvgIpc) is 2.35. The summed E-state index contributed by atoms with van der Waals surface area (Å²) in [5.74, 6) is 0.227. The molecule has 4 heteroatoms. The van der Waals surface area contributed by atoms with Gasteiger partial charge in [-0.15, -0.1) is 0 Å². The van der Waals surface area contributed by atoms with Crippen molar-refractivity contribution in [2.75, 3.05) is 24.3 Å². The highest BCUT2D eigenvalue weighted by molar-refractivity contribution is 9.10. The van der Waals surface area contributed by atoms with Gasteiger partial charge in [0.05, 0.1) is 0 Å². The molecule has 1 aromatic rings. The van der Waals surface area contributed by atoms with Crippen molar-refractivity contribution >= 4 is 33.1 Å². The van der Waals surface area contributed by atoms with Crippen LogP contribution in [-0.2, 0) is 4.79 Å². The highest BCUT2D eigenvalue weighted by atomic mass is 79.9. The fourth-order valence-corrected chi connectivity index (χ4v) is 2.77. The lowest BCUT2D eigenvalue weighted by Gasteiger charge is -2.30. The fraction of sp³-hybridized carbons (Fsp3) is 0.438. The molecule has 0 saturated heterocycles. The molecule has 1 aliphatic rings. The molecule has 0 bridgehead atoms. The molecular weight excluding hydrogens is 316 g/mol. The van der Waals surface area contributed by atoms with Gasteiger partial charge in [-0.1, -0.05) is 35.9 Å².